The van der Waals surface area contributed by atoms with Crippen molar-refractivity contribution in [3.05, 3.63) is 78.1 Å². The molecule has 6 heteroatoms. The normalized spacial score (nSPS) is 16.2. The monoisotopic (exact) mass is 403 g/mol. The predicted molar refractivity (Wildman–Crippen MR) is 116 cm³/mol. The lowest BCUT2D eigenvalue weighted by Crippen LogP contribution is -2.28. The van der Waals surface area contributed by atoms with E-state index in [4.69, 9.17) is 9.47 Å². The second-order valence-corrected chi connectivity index (χ2v) is 7.19. The summed E-state index contributed by atoms with van der Waals surface area (Å²) in [7, 11) is 3.24. The first kappa shape index (κ1) is 19.8. The fraction of sp³-hybridized carbons (Fsp3) is 0.250. The lowest BCUT2D eigenvalue weighted by Gasteiger charge is -2.24. The molecular formula is C24H25N3O3. The molecule has 0 radical (unpaired) electrons. The Morgan fingerprint density at radius 1 is 1.10 bits per heavy atom. The minimum Gasteiger partial charge on any atom is -0.493 e. The van der Waals surface area contributed by atoms with Crippen molar-refractivity contribution >= 4 is 12.0 Å². The first-order valence-electron chi connectivity index (χ1n) is 10.0. The third-order valence-corrected chi connectivity index (χ3v) is 5.37. The number of para-hydroxylation sites is 1. The van der Waals surface area contributed by atoms with Gasteiger partial charge in [-0.05, 0) is 48.7 Å². The molecule has 0 aliphatic carbocycles. The van der Waals surface area contributed by atoms with Gasteiger partial charge >= 0.3 is 0 Å². The highest BCUT2D eigenvalue weighted by Crippen LogP contribution is 2.37. The van der Waals surface area contributed by atoms with Crippen molar-refractivity contribution in [1.82, 2.24) is 14.7 Å². The number of aromatic nitrogens is 2. The highest BCUT2D eigenvalue weighted by Gasteiger charge is 2.29. The molecule has 1 aliphatic rings. The first-order chi connectivity index (χ1) is 14.7. The van der Waals surface area contributed by atoms with Gasteiger partial charge in [-0.2, -0.15) is 5.10 Å². The summed E-state index contributed by atoms with van der Waals surface area (Å²) in [5.41, 5.74) is 2.93. The number of rotatable bonds is 6. The number of carbonyl (C=O) groups excluding carboxylic acids is 1. The number of methoxy groups -OCH3 is 2. The Labute approximate surface area is 176 Å². The average molecular weight is 403 g/mol. The zero-order chi connectivity index (χ0) is 20.9. The summed E-state index contributed by atoms with van der Waals surface area (Å²) in [5, 5.41) is 4.37. The highest BCUT2D eigenvalue weighted by atomic mass is 16.5. The summed E-state index contributed by atoms with van der Waals surface area (Å²) in [6.45, 7) is 0.742. The van der Waals surface area contributed by atoms with Gasteiger partial charge in [0.15, 0.2) is 11.5 Å². The number of ether oxygens (including phenoxy) is 2. The van der Waals surface area contributed by atoms with Crippen molar-refractivity contribution in [2.24, 2.45) is 0 Å². The molecule has 1 unspecified atom stereocenters. The Bertz CT molecular complexity index is 1040. The Balaban J connectivity index is 1.48. The zero-order valence-electron chi connectivity index (χ0n) is 17.2. The lowest BCUT2D eigenvalue weighted by atomic mass is 10.0. The molecule has 0 bridgehead atoms. The van der Waals surface area contributed by atoms with Crippen LogP contribution in [0, 0.1) is 0 Å². The van der Waals surface area contributed by atoms with Gasteiger partial charge in [-0.1, -0.05) is 24.3 Å². The van der Waals surface area contributed by atoms with E-state index in [0.717, 1.165) is 36.2 Å². The molecule has 0 N–H and O–H groups in total. The van der Waals surface area contributed by atoms with Gasteiger partial charge in [-0.3, -0.25) is 4.79 Å². The molecule has 154 valence electrons. The van der Waals surface area contributed by atoms with E-state index in [2.05, 4.69) is 5.10 Å². The molecule has 0 spiro atoms. The van der Waals surface area contributed by atoms with Crippen LogP contribution in [-0.2, 0) is 4.79 Å². The number of likely N-dealkylation sites (tertiary alicyclic amines) is 1. The Kier molecular flexibility index (Phi) is 5.84. The quantitative estimate of drug-likeness (QED) is 0.577. The minimum atomic E-state index is -0.000235. The van der Waals surface area contributed by atoms with Gasteiger partial charge in [0.2, 0.25) is 5.91 Å². The third kappa shape index (κ3) is 4.08. The number of hydrogen-bond acceptors (Lipinski definition) is 4. The second-order valence-electron chi connectivity index (χ2n) is 7.19. The van der Waals surface area contributed by atoms with Crippen molar-refractivity contribution in [2.45, 2.75) is 18.9 Å². The van der Waals surface area contributed by atoms with Crippen LogP contribution in [0.5, 0.6) is 11.5 Å². The van der Waals surface area contributed by atoms with Gasteiger partial charge in [0.05, 0.1) is 32.1 Å². The molecule has 1 saturated heterocycles. The van der Waals surface area contributed by atoms with Gasteiger partial charge in [0.1, 0.15) is 0 Å². The summed E-state index contributed by atoms with van der Waals surface area (Å²) in [6, 6.07) is 15.8. The molecule has 0 saturated carbocycles. The molecule has 4 rings (SSSR count). The number of benzene rings is 2. The SMILES string of the molecule is COc1ccc(C2CCCN2C(=O)/C=C/c2cnn(-c3ccccc3)c2)cc1OC. The Hall–Kier alpha value is -3.54. The van der Waals surface area contributed by atoms with E-state index < -0.39 is 0 Å². The van der Waals surface area contributed by atoms with Gasteiger partial charge in [-0.25, -0.2) is 4.68 Å². The molecular weight excluding hydrogens is 378 g/mol. The topological polar surface area (TPSA) is 56.6 Å². The number of amides is 1. The largest absolute Gasteiger partial charge is 0.493 e. The second kappa shape index (κ2) is 8.86. The first-order valence-corrected chi connectivity index (χ1v) is 10.0. The minimum absolute atomic E-state index is 0.000235. The van der Waals surface area contributed by atoms with Crippen LogP contribution in [0.15, 0.2) is 67.0 Å². The fourth-order valence-corrected chi connectivity index (χ4v) is 3.85. The maximum absolute atomic E-state index is 12.9. The van der Waals surface area contributed by atoms with Crippen molar-refractivity contribution in [3.63, 3.8) is 0 Å². The van der Waals surface area contributed by atoms with Crippen molar-refractivity contribution in [3.8, 4) is 17.2 Å². The van der Waals surface area contributed by atoms with E-state index in [1.54, 1.807) is 31.2 Å². The van der Waals surface area contributed by atoms with Gasteiger partial charge in [-0.15, -0.1) is 0 Å². The molecule has 1 aliphatic heterocycles. The van der Waals surface area contributed by atoms with Crippen LogP contribution in [-0.4, -0.2) is 41.4 Å². The van der Waals surface area contributed by atoms with Crippen LogP contribution >= 0.6 is 0 Å². The van der Waals surface area contributed by atoms with E-state index in [1.165, 1.54) is 0 Å². The van der Waals surface area contributed by atoms with Crippen LogP contribution < -0.4 is 9.47 Å². The number of carbonyl (C=O) groups is 1. The van der Waals surface area contributed by atoms with E-state index >= 15 is 0 Å². The van der Waals surface area contributed by atoms with E-state index in [9.17, 15) is 4.79 Å². The molecule has 2 heterocycles. The highest BCUT2D eigenvalue weighted by molar-refractivity contribution is 5.92. The predicted octanol–water partition coefficient (Wildman–Crippen LogP) is 4.27. The summed E-state index contributed by atoms with van der Waals surface area (Å²) < 4.78 is 12.5. The molecule has 1 atom stereocenters. The molecule has 3 aromatic rings. The van der Waals surface area contributed by atoms with E-state index in [-0.39, 0.29) is 11.9 Å². The molecule has 30 heavy (non-hydrogen) atoms. The summed E-state index contributed by atoms with van der Waals surface area (Å²) in [4.78, 5) is 14.8. The van der Waals surface area contributed by atoms with Crippen LogP contribution in [0.25, 0.3) is 11.8 Å². The average Bonchev–Trinajstić information content (AvgIpc) is 3.47. The van der Waals surface area contributed by atoms with Crippen LogP contribution in [0.1, 0.15) is 30.0 Å². The van der Waals surface area contributed by atoms with Gasteiger partial charge in [0, 0.05) is 24.4 Å². The van der Waals surface area contributed by atoms with Crippen LogP contribution in [0.3, 0.4) is 0 Å². The third-order valence-electron chi connectivity index (χ3n) is 5.37. The Morgan fingerprint density at radius 2 is 1.90 bits per heavy atom. The lowest BCUT2D eigenvalue weighted by molar-refractivity contribution is -0.126. The smallest absolute Gasteiger partial charge is 0.247 e. The standard InChI is InChI=1S/C24H25N3O3/c1-29-22-12-11-19(15-23(22)30-2)21-9-6-14-26(21)24(28)13-10-18-16-25-27(17-18)20-7-4-3-5-8-20/h3-5,7-8,10-13,15-17,21H,6,9,14H2,1-2H3/b13-10+. The Morgan fingerprint density at radius 3 is 2.67 bits per heavy atom. The summed E-state index contributed by atoms with van der Waals surface area (Å²) in [5.74, 6) is 1.37. The number of hydrogen-bond donors (Lipinski definition) is 0. The molecule has 1 amide bonds. The van der Waals surface area contributed by atoms with Crippen molar-refractivity contribution < 1.29 is 14.3 Å². The fourth-order valence-electron chi connectivity index (χ4n) is 3.85. The molecule has 2 aromatic carbocycles. The summed E-state index contributed by atoms with van der Waals surface area (Å²) in [6.07, 6.45) is 9.03. The maximum atomic E-state index is 12.9. The van der Waals surface area contributed by atoms with E-state index in [0.29, 0.717) is 11.5 Å². The van der Waals surface area contributed by atoms with Crippen LogP contribution in [0.4, 0.5) is 0 Å². The maximum Gasteiger partial charge on any atom is 0.247 e. The van der Waals surface area contributed by atoms with E-state index in [1.807, 2.05) is 65.7 Å². The van der Waals surface area contributed by atoms with Gasteiger partial charge < -0.3 is 14.4 Å². The molecule has 1 aromatic heterocycles. The van der Waals surface area contributed by atoms with Crippen molar-refractivity contribution in [1.29, 1.82) is 0 Å². The summed E-state index contributed by atoms with van der Waals surface area (Å²) >= 11 is 0. The number of nitrogens with zero attached hydrogens (tertiary/aromatic N) is 3. The zero-order valence-corrected chi connectivity index (χ0v) is 17.2. The van der Waals surface area contributed by atoms with Crippen molar-refractivity contribution in [2.75, 3.05) is 20.8 Å². The van der Waals surface area contributed by atoms with Crippen LogP contribution in [0.2, 0.25) is 0 Å². The molecule has 1 fully saturated rings. The van der Waals surface area contributed by atoms with Gasteiger partial charge in [0.25, 0.3) is 0 Å². The molecule has 6 nitrogen and oxygen atoms in total.